The number of aliphatic hydroxyl groups excluding tert-OH is 2. The van der Waals surface area contributed by atoms with E-state index in [0.717, 1.165) is 19.3 Å². The third-order valence-corrected chi connectivity index (χ3v) is 6.14. The first-order valence-electron chi connectivity index (χ1n) is 8.74. The van der Waals surface area contributed by atoms with Gasteiger partial charge in [-0.25, -0.2) is 0 Å². The van der Waals surface area contributed by atoms with Crippen molar-refractivity contribution >= 4 is 0 Å². The van der Waals surface area contributed by atoms with Crippen LogP contribution >= 0.6 is 0 Å². The molecule has 23 heavy (non-hydrogen) atoms. The van der Waals surface area contributed by atoms with Crippen LogP contribution in [0, 0.1) is 23.7 Å². The minimum atomic E-state index is -0.524. The van der Waals surface area contributed by atoms with Crippen LogP contribution in [0.1, 0.15) is 33.1 Å². The van der Waals surface area contributed by atoms with E-state index in [1.54, 1.807) is 14.2 Å². The summed E-state index contributed by atoms with van der Waals surface area (Å²) in [4.78, 5) is 0. The van der Waals surface area contributed by atoms with Gasteiger partial charge in [-0.2, -0.15) is 0 Å². The van der Waals surface area contributed by atoms with E-state index in [1.165, 1.54) is 0 Å². The summed E-state index contributed by atoms with van der Waals surface area (Å²) in [5.74, 6) is 0.849. The molecule has 0 aliphatic heterocycles. The van der Waals surface area contributed by atoms with E-state index >= 15 is 0 Å². The molecule has 136 valence electrons. The van der Waals surface area contributed by atoms with Crippen molar-refractivity contribution in [1.82, 2.24) is 0 Å². The Kier molecular flexibility index (Phi) is 6.44. The first-order chi connectivity index (χ1) is 10.8. The van der Waals surface area contributed by atoms with Crippen LogP contribution in [-0.4, -0.2) is 60.9 Å². The molecule has 0 spiro atoms. The van der Waals surface area contributed by atoms with E-state index in [4.69, 9.17) is 20.9 Å². The number of rotatable bonds is 4. The SMILES string of the molecule is COC1C(CC2CC(C)C(O)C(N)C2OC)CC(C)C(O)C1N. The van der Waals surface area contributed by atoms with Crippen LogP contribution in [0.5, 0.6) is 0 Å². The second-order valence-corrected chi connectivity index (χ2v) is 7.72. The fourth-order valence-electron chi connectivity index (χ4n) is 4.83. The van der Waals surface area contributed by atoms with Crippen molar-refractivity contribution in [3.05, 3.63) is 0 Å². The van der Waals surface area contributed by atoms with E-state index in [-0.39, 0.29) is 48.0 Å². The van der Waals surface area contributed by atoms with Gasteiger partial charge >= 0.3 is 0 Å². The number of aliphatic hydroxyl groups is 2. The van der Waals surface area contributed by atoms with E-state index in [2.05, 4.69) is 0 Å². The van der Waals surface area contributed by atoms with Gasteiger partial charge in [0.05, 0.1) is 36.5 Å². The summed E-state index contributed by atoms with van der Waals surface area (Å²) in [7, 11) is 3.32. The zero-order valence-corrected chi connectivity index (χ0v) is 14.8. The summed E-state index contributed by atoms with van der Waals surface area (Å²) in [6.07, 6.45) is 1.30. The van der Waals surface area contributed by atoms with E-state index < -0.39 is 12.2 Å². The van der Waals surface area contributed by atoms with Crippen molar-refractivity contribution < 1.29 is 19.7 Å². The molecule has 0 aromatic heterocycles. The van der Waals surface area contributed by atoms with Gasteiger partial charge in [0.15, 0.2) is 0 Å². The van der Waals surface area contributed by atoms with E-state index in [0.29, 0.717) is 0 Å². The lowest BCUT2D eigenvalue weighted by Crippen LogP contribution is -2.59. The maximum Gasteiger partial charge on any atom is 0.0775 e. The van der Waals surface area contributed by atoms with Crippen LogP contribution in [0.4, 0.5) is 0 Å². The largest absolute Gasteiger partial charge is 0.391 e. The molecule has 0 radical (unpaired) electrons. The van der Waals surface area contributed by atoms with Crippen LogP contribution in [0.25, 0.3) is 0 Å². The molecule has 2 aliphatic carbocycles. The Bertz CT molecular complexity index is 350. The Morgan fingerprint density at radius 1 is 0.826 bits per heavy atom. The lowest BCUT2D eigenvalue weighted by atomic mass is 9.67. The Balaban J connectivity index is 2.12. The first-order valence-corrected chi connectivity index (χ1v) is 8.74. The van der Waals surface area contributed by atoms with Gasteiger partial charge in [-0.3, -0.25) is 0 Å². The fraction of sp³-hybridized carbons (Fsp3) is 1.00. The molecule has 0 heterocycles. The monoisotopic (exact) mass is 330 g/mol. The molecule has 0 bridgehead atoms. The average molecular weight is 330 g/mol. The lowest BCUT2D eigenvalue weighted by molar-refractivity contribution is -0.102. The van der Waals surface area contributed by atoms with E-state index in [9.17, 15) is 10.2 Å². The minimum absolute atomic E-state index is 0.155. The second-order valence-electron chi connectivity index (χ2n) is 7.72. The molecule has 2 aliphatic rings. The predicted molar refractivity (Wildman–Crippen MR) is 88.7 cm³/mol. The normalized spacial score (nSPS) is 51.7. The van der Waals surface area contributed by atoms with Crippen molar-refractivity contribution in [1.29, 1.82) is 0 Å². The number of hydrogen-bond acceptors (Lipinski definition) is 6. The van der Waals surface area contributed by atoms with Gasteiger partial charge in [-0.15, -0.1) is 0 Å². The number of nitrogens with two attached hydrogens (primary N) is 2. The van der Waals surface area contributed by atoms with Crippen molar-refractivity contribution in [3.8, 4) is 0 Å². The molecule has 10 atom stereocenters. The zero-order valence-electron chi connectivity index (χ0n) is 14.8. The minimum Gasteiger partial charge on any atom is -0.391 e. The average Bonchev–Trinajstić information content (AvgIpc) is 2.51. The topological polar surface area (TPSA) is 111 Å². The highest BCUT2D eigenvalue weighted by molar-refractivity contribution is 4.99. The van der Waals surface area contributed by atoms with Gasteiger partial charge in [0.25, 0.3) is 0 Å². The molecule has 2 saturated carbocycles. The number of hydrogen-bond donors (Lipinski definition) is 4. The highest BCUT2D eigenvalue weighted by Crippen LogP contribution is 2.40. The molecule has 2 fully saturated rings. The van der Waals surface area contributed by atoms with Crippen molar-refractivity contribution in [2.75, 3.05) is 14.2 Å². The van der Waals surface area contributed by atoms with Crippen molar-refractivity contribution in [2.45, 2.75) is 69.6 Å². The van der Waals surface area contributed by atoms with E-state index in [1.807, 2.05) is 13.8 Å². The number of ether oxygens (including phenoxy) is 2. The molecular formula is C17H34N2O4. The predicted octanol–water partition coefficient (Wildman–Crippen LogP) is 0.0949. The highest BCUT2D eigenvalue weighted by atomic mass is 16.5. The molecule has 0 amide bonds. The van der Waals surface area contributed by atoms with Crippen LogP contribution in [0.2, 0.25) is 0 Å². The summed E-state index contributed by atoms with van der Waals surface area (Å²) in [6, 6.07) is -0.731. The molecular weight excluding hydrogens is 296 g/mol. The van der Waals surface area contributed by atoms with Crippen molar-refractivity contribution in [2.24, 2.45) is 35.1 Å². The summed E-state index contributed by atoms with van der Waals surface area (Å²) in [5, 5.41) is 20.4. The highest BCUT2D eigenvalue weighted by Gasteiger charge is 2.46. The summed E-state index contributed by atoms with van der Waals surface area (Å²) in [5.41, 5.74) is 12.4. The van der Waals surface area contributed by atoms with Gasteiger partial charge in [-0.05, 0) is 42.9 Å². The molecule has 0 aromatic rings. The Morgan fingerprint density at radius 3 is 1.48 bits per heavy atom. The fourth-order valence-corrected chi connectivity index (χ4v) is 4.83. The molecule has 0 saturated heterocycles. The maximum absolute atomic E-state index is 10.2. The second kappa shape index (κ2) is 7.76. The van der Waals surface area contributed by atoms with Crippen molar-refractivity contribution in [3.63, 3.8) is 0 Å². The van der Waals surface area contributed by atoms with Crippen LogP contribution in [-0.2, 0) is 9.47 Å². The van der Waals surface area contributed by atoms with Crippen LogP contribution in [0.3, 0.4) is 0 Å². The smallest absolute Gasteiger partial charge is 0.0775 e. The van der Waals surface area contributed by atoms with Crippen LogP contribution < -0.4 is 11.5 Å². The third kappa shape index (κ3) is 3.72. The quantitative estimate of drug-likeness (QED) is 0.582. The standard InChI is InChI=1S/C17H34N2O4/c1-8-5-10(16(22-3)12(18)14(8)20)7-11-6-9(2)15(21)13(19)17(11)23-4/h8-17,20-21H,5-7,18-19H2,1-4H3. The lowest BCUT2D eigenvalue weighted by Gasteiger charge is -2.47. The zero-order chi connectivity index (χ0) is 17.3. The summed E-state index contributed by atoms with van der Waals surface area (Å²) < 4.78 is 11.2. The van der Waals surface area contributed by atoms with Crippen LogP contribution in [0.15, 0.2) is 0 Å². The molecule has 0 aromatic carbocycles. The Morgan fingerprint density at radius 2 is 1.17 bits per heavy atom. The van der Waals surface area contributed by atoms with Gasteiger partial charge in [0.2, 0.25) is 0 Å². The van der Waals surface area contributed by atoms with Gasteiger partial charge in [0, 0.05) is 14.2 Å². The first kappa shape index (κ1) is 19.1. The molecule has 6 N–H and O–H groups in total. The third-order valence-electron chi connectivity index (χ3n) is 6.14. The Hall–Kier alpha value is -0.240. The molecule has 6 heteroatoms. The molecule has 6 nitrogen and oxygen atoms in total. The maximum atomic E-state index is 10.2. The van der Waals surface area contributed by atoms with Gasteiger partial charge in [-0.1, -0.05) is 13.8 Å². The van der Waals surface area contributed by atoms with Gasteiger partial charge < -0.3 is 31.2 Å². The summed E-state index contributed by atoms with van der Waals surface area (Å²) in [6.45, 7) is 4.08. The Labute approximate surface area is 139 Å². The number of methoxy groups -OCH3 is 2. The van der Waals surface area contributed by atoms with Gasteiger partial charge in [0.1, 0.15) is 0 Å². The molecule has 10 unspecified atom stereocenters. The molecule has 2 rings (SSSR count). The summed E-state index contributed by atoms with van der Waals surface area (Å²) >= 11 is 0.